The van der Waals surface area contributed by atoms with Crippen molar-refractivity contribution in [3.8, 4) is 5.75 Å². The highest BCUT2D eigenvalue weighted by Gasteiger charge is 2.02. The van der Waals surface area contributed by atoms with Crippen LogP contribution < -0.4 is 15.4 Å². The minimum Gasteiger partial charge on any atom is -0.497 e. The van der Waals surface area contributed by atoms with Crippen LogP contribution in [0, 0.1) is 6.92 Å². The number of rotatable bonds is 6. The van der Waals surface area contributed by atoms with Gasteiger partial charge in [-0.3, -0.25) is 0 Å². The summed E-state index contributed by atoms with van der Waals surface area (Å²) in [6.07, 6.45) is 2.89. The minimum absolute atomic E-state index is 0.869. The van der Waals surface area contributed by atoms with Crippen molar-refractivity contribution in [3.05, 3.63) is 42.1 Å². The first kappa shape index (κ1) is 14.2. The van der Waals surface area contributed by atoms with Crippen LogP contribution in [-0.2, 0) is 0 Å². The minimum atomic E-state index is 0.869. The summed E-state index contributed by atoms with van der Waals surface area (Å²) in [7, 11) is 1.68. The molecule has 0 aliphatic carbocycles. The van der Waals surface area contributed by atoms with E-state index in [4.69, 9.17) is 4.74 Å². The number of benzene rings is 1. The first-order chi connectivity index (χ1) is 9.72. The number of aromatic nitrogens is 1. The molecule has 2 rings (SSSR count). The Morgan fingerprint density at radius 1 is 1.20 bits per heavy atom. The lowest BCUT2D eigenvalue weighted by molar-refractivity contribution is 0.414. The third-order valence-corrected chi connectivity index (χ3v) is 3.03. The number of anilines is 3. The van der Waals surface area contributed by atoms with Gasteiger partial charge in [-0.1, -0.05) is 6.92 Å². The number of pyridine rings is 1. The maximum Gasteiger partial charge on any atom is 0.127 e. The average molecular weight is 271 g/mol. The van der Waals surface area contributed by atoms with Gasteiger partial charge in [0, 0.05) is 30.2 Å². The second-order valence-electron chi connectivity index (χ2n) is 4.66. The molecule has 0 aliphatic rings. The smallest absolute Gasteiger partial charge is 0.127 e. The van der Waals surface area contributed by atoms with E-state index in [9.17, 15) is 0 Å². The van der Waals surface area contributed by atoms with Gasteiger partial charge >= 0.3 is 0 Å². The van der Waals surface area contributed by atoms with E-state index < -0.39 is 0 Å². The summed E-state index contributed by atoms with van der Waals surface area (Å²) in [6, 6.07) is 9.96. The van der Waals surface area contributed by atoms with Gasteiger partial charge in [-0.05, 0) is 43.2 Å². The number of aryl methyl sites for hydroxylation is 1. The fourth-order valence-electron chi connectivity index (χ4n) is 1.92. The molecule has 1 heterocycles. The fourth-order valence-corrected chi connectivity index (χ4v) is 1.92. The SMILES string of the molecule is CCCNc1cc(Nc2ccc(OC)cc2C)ccn1. The summed E-state index contributed by atoms with van der Waals surface area (Å²) in [4.78, 5) is 4.30. The van der Waals surface area contributed by atoms with Gasteiger partial charge in [0.2, 0.25) is 0 Å². The first-order valence-corrected chi connectivity index (χ1v) is 6.84. The van der Waals surface area contributed by atoms with Gasteiger partial charge in [-0.25, -0.2) is 4.98 Å². The van der Waals surface area contributed by atoms with Crippen molar-refractivity contribution in [3.63, 3.8) is 0 Å². The third-order valence-electron chi connectivity index (χ3n) is 3.03. The summed E-state index contributed by atoms with van der Waals surface area (Å²) >= 11 is 0. The number of ether oxygens (including phenoxy) is 1. The molecule has 0 unspecified atom stereocenters. The Morgan fingerprint density at radius 3 is 2.75 bits per heavy atom. The molecule has 0 radical (unpaired) electrons. The maximum absolute atomic E-state index is 5.22. The van der Waals surface area contributed by atoms with Crippen molar-refractivity contribution >= 4 is 17.2 Å². The molecule has 106 valence electrons. The molecular formula is C16H21N3O. The van der Waals surface area contributed by atoms with Crippen LogP contribution in [0.25, 0.3) is 0 Å². The van der Waals surface area contributed by atoms with E-state index >= 15 is 0 Å². The average Bonchev–Trinajstić information content (AvgIpc) is 2.47. The quantitative estimate of drug-likeness (QED) is 0.834. The number of methoxy groups -OCH3 is 1. The number of hydrogen-bond donors (Lipinski definition) is 2. The summed E-state index contributed by atoms with van der Waals surface area (Å²) in [5.74, 6) is 1.76. The van der Waals surface area contributed by atoms with Crippen LogP contribution in [0.5, 0.6) is 5.75 Å². The van der Waals surface area contributed by atoms with E-state index in [1.54, 1.807) is 13.3 Å². The molecule has 2 N–H and O–H groups in total. The van der Waals surface area contributed by atoms with Crippen molar-refractivity contribution in [1.82, 2.24) is 4.98 Å². The molecule has 2 aromatic rings. The lowest BCUT2D eigenvalue weighted by Crippen LogP contribution is -2.02. The van der Waals surface area contributed by atoms with E-state index in [0.29, 0.717) is 0 Å². The van der Waals surface area contributed by atoms with Crippen LogP contribution >= 0.6 is 0 Å². The zero-order valence-corrected chi connectivity index (χ0v) is 12.2. The van der Waals surface area contributed by atoms with Gasteiger partial charge in [0.05, 0.1) is 7.11 Å². The van der Waals surface area contributed by atoms with E-state index in [-0.39, 0.29) is 0 Å². The third kappa shape index (κ3) is 3.63. The van der Waals surface area contributed by atoms with Crippen molar-refractivity contribution in [2.45, 2.75) is 20.3 Å². The molecule has 1 aromatic carbocycles. The molecule has 0 bridgehead atoms. The molecule has 4 heteroatoms. The van der Waals surface area contributed by atoms with Crippen LogP contribution in [0.4, 0.5) is 17.2 Å². The normalized spacial score (nSPS) is 10.2. The molecule has 0 saturated carbocycles. The number of nitrogens with one attached hydrogen (secondary N) is 2. The maximum atomic E-state index is 5.22. The number of nitrogens with zero attached hydrogens (tertiary/aromatic N) is 1. The predicted octanol–water partition coefficient (Wildman–Crippen LogP) is 3.96. The van der Waals surface area contributed by atoms with Gasteiger partial charge in [-0.2, -0.15) is 0 Å². The Morgan fingerprint density at radius 2 is 2.05 bits per heavy atom. The summed E-state index contributed by atoms with van der Waals surface area (Å²) in [5, 5.41) is 6.69. The highest BCUT2D eigenvalue weighted by Crippen LogP contribution is 2.25. The summed E-state index contributed by atoms with van der Waals surface area (Å²) in [6.45, 7) is 5.12. The van der Waals surface area contributed by atoms with E-state index in [1.807, 2.05) is 30.3 Å². The first-order valence-electron chi connectivity index (χ1n) is 6.84. The molecule has 0 amide bonds. The second-order valence-corrected chi connectivity index (χ2v) is 4.66. The monoisotopic (exact) mass is 271 g/mol. The molecule has 4 nitrogen and oxygen atoms in total. The predicted molar refractivity (Wildman–Crippen MR) is 84.0 cm³/mol. The standard InChI is InChI=1S/C16H21N3O/c1-4-8-17-16-11-13(7-9-18-16)19-15-6-5-14(20-3)10-12(15)2/h5-7,9-11H,4,8H2,1-3H3,(H2,17,18,19). The van der Waals surface area contributed by atoms with Gasteiger partial charge < -0.3 is 15.4 Å². The lowest BCUT2D eigenvalue weighted by Gasteiger charge is -2.12. The van der Waals surface area contributed by atoms with Gasteiger partial charge in [-0.15, -0.1) is 0 Å². The highest BCUT2D eigenvalue weighted by atomic mass is 16.5. The van der Waals surface area contributed by atoms with Gasteiger partial charge in [0.15, 0.2) is 0 Å². The molecule has 0 fully saturated rings. The Bertz CT molecular complexity index is 569. The van der Waals surface area contributed by atoms with Crippen LogP contribution in [0.1, 0.15) is 18.9 Å². The van der Waals surface area contributed by atoms with Crippen molar-refractivity contribution in [1.29, 1.82) is 0 Å². The summed E-state index contributed by atoms with van der Waals surface area (Å²) < 4.78 is 5.22. The van der Waals surface area contributed by atoms with Crippen LogP contribution in [0.2, 0.25) is 0 Å². The zero-order valence-electron chi connectivity index (χ0n) is 12.2. The van der Waals surface area contributed by atoms with Gasteiger partial charge in [0.25, 0.3) is 0 Å². The van der Waals surface area contributed by atoms with E-state index in [2.05, 4.69) is 29.5 Å². The van der Waals surface area contributed by atoms with Gasteiger partial charge in [0.1, 0.15) is 11.6 Å². The van der Waals surface area contributed by atoms with E-state index in [1.165, 1.54) is 0 Å². The van der Waals surface area contributed by atoms with Crippen molar-refractivity contribution < 1.29 is 4.74 Å². The van der Waals surface area contributed by atoms with Crippen LogP contribution in [0.15, 0.2) is 36.5 Å². The van der Waals surface area contributed by atoms with Crippen LogP contribution in [0.3, 0.4) is 0 Å². The topological polar surface area (TPSA) is 46.2 Å². The molecule has 0 aliphatic heterocycles. The fraction of sp³-hybridized carbons (Fsp3) is 0.312. The molecule has 1 aromatic heterocycles. The molecule has 0 atom stereocenters. The Kier molecular flexibility index (Phi) is 4.82. The second kappa shape index (κ2) is 6.80. The van der Waals surface area contributed by atoms with E-state index in [0.717, 1.165) is 41.5 Å². The van der Waals surface area contributed by atoms with Crippen molar-refractivity contribution in [2.24, 2.45) is 0 Å². The number of hydrogen-bond acceptors (Lipinski definition) is 4. The molecule has 0 spiro atoms. The van der Waals surface area contributed by atoms with Crippen molar-refractivity contribution in [2.75, 3.05) is 24.3 Å². The molecule has 20 heavy (non-hydrogen) atoms. The molecular weight excluding hydrogens is 250 g/mol. The largest absolute Gasteiger partial charge is 0.497 e. The Hall–Kier alpha value is -2.23. The molecule has 0 saturated heterocycles. The highest BCUT2D eigenvalue weighted by molar-refractivity contribution is 5.65. The lowest BCUT2D eigenvalue weighted by atomic mass is 10.2. The zero-order chi connectivity index (χ0) is 14.4. The summed E-state index contributed by atoms with van der Waals surface area (Å²) in [5.41, 5.74) is 3.23. The van der Waals surface area contributed by atoms with Crippen LogP contribution in [-0.4, -0.2) is 18.6 Å². The Labute approximate surface area is 120 Å². The Balaban J connectivity index is 2.13.